The van der Waals surface area contributed by atoms with Gasteiger partial charge in [-0.2, -0.15) is 0 Å². The van der Waals surface area contributed by atoms with Gasteiger partial charge in [-0.1, -0.05) is 24.3 Å². The topological polar surface area (TPSA) is 48.9 Å². The summed E-state index contributed by atoms with van der Waals surface area (Å²) in [5.74, 6) is 0.636. The van der Waals surface area contributed by atoms with Gasteiger partial charge in [0.15, 0.2) is 5.96 Å². The summed E-state index contributed by atoms with van der Waals surface area (Å²) >= 11 is 0. The van der Waals surface area contributed by atoms with Crippen LogP contribution < -0.4 is 15.5 Å². The highest BCUT2D eigenvalue weighted by Gasteiger charge is 2.44. The zero-order valence-electron chi connectivity index (χ0n) is 17.7. The predicted octanol–water partition coefficient (Wildman–Crippen LogP) is 3.45. The summed E-state index contributed by atoms with van der Waals surface area (Å²) in [6.45, 7) is 7.71. The number of hydrogen-bond donors (Lipinski definition) is 2. The summed E-state index contributed by atoms with van der Waals surface area (Å²) in [5.41, 5.74) is 3.51. The van der Waals surface area contributed by atoms with Crippen molar-refractivity contribution in [2.45, 2.75) is 31.7 Å². The van der Waals surface area contributed by atoms with Gasteiger partial charge in [-0.15, -0.1) is 0 Å². The van der Waals surface area contributed by atoms with Crippen LogP contribution in [0.2, 0.25) is 0 Å². The van der Waals surface area contributed by atoms with Crippen LogP contribution in [-0.2, 0) is 16.7 Å². The summed E-state index contributed by atoms with van der Waals surface area (Å²) in [6.07, 6.45) is 2.15. The molecule has 2 aromatic carbocycles. The fraction of sp³-hybridized carbons (Fsp3) is 0.458. The Morgan fingerprint density at radius 1 is 1.10 bits per heavy atom. The van der Waals surface area contributed by atoms with Crippen LogP contribution in [0.1, 0.15) is 30.9 Å². The van der Waals surface area contributed by atoms with Crippen molar-refractivity contribution in [3.8, 4) is 0 Å². The maximum Gasteiger partial charge on any atom is 0.191 e. The number of benzene rings is 2. The van der Waals surface area contributed by atoms with Crippen molar-refractivity contribution in [3.05, 3.63) is 65.5 Å². The number of halogens is 1. The number of aliphatic imine (C=N–C) groups is 1. The van der Waals surface area contributed by atoms with Gasteiger partial charge in [-0.05, 0) is 55.2 Å². The molecule has 1 saturated heterocycles. The minimum absolute atomic E-state index is 0.0259. The summed E-state index contributed by atoms with van der Waals surface area (Å²) in [5, 5.41) is 6.79. The van der Waals surface area contributed by atoms with Crippen LogP contribution in [0, 0.1) is 5.82 Å². The van der Waals surface area contributed by atoms with E-state index in [9.17, 15) is 4.39 Å². The monoisotopic (exact) mass is 410 g/mol. The molecule has 30 heavy (non-hydrogen) atoms. The molecule has 5 nitrogen and oxygen atoms in total. The SMILES string of the molecule is CCNC(=NCc1ccc(N2CCOCC2)cc1)NCC1(c2cccc(F)c2)CC1. The van der Waals surface area contributed by atoms with Gasteiger partial charge in [0.2, 0.25) is 0 Å². The minimum Gasteiger partial charge on any atom is -0.378 e. The molecule has 0 radical (unpaired) electrons. The Kier molecular flexibility index (Phi) is 6.53. The third kappa shape index (κ3) is 5.11. The van der Waals surface area contributed by atoms with Gasteiger partial charge in [0, 0.05) is 37.3 Å². The highest BCUT2D eigenvalue weighted by atomic mass is 19.1. The van der Waals surface area contributed by atoms with E-state index in [1.807, 2.05) is 6.07 Å². The Hall–Kier alpha value is -2.60. The number of hydrogen-bond acceptors (Lipinski definition) is 3. The molecule has 2 aromatic rings. The van der Waals surface area contributed by atoms with Gasteiger partial charge in [-0.25, -0.2) is 9.38 Å². The maximum absolute atomic E-state index is 13.6. The van der Waals surface area contributed by atoms with Crippen LogP contribution in [0.4, 0.5) is 10.1 Å². The quantitative estimate of drug-likeness (QED) is 0.542. The molecule has 2 aliphatic rings. The summed E-state index contributed by atoms with van der Waals surface area (Å²) in [7, 11) is 0. The van der Waals surface area contributed by atoms with Crippen molar-refractivity contribution in [2.24, 2.45) is 4.99 Å². The molecule has 4 rings (SSSR count). The molecule has 160 valence electrons. The van der Waals surface area contributed by atoms with Crippen molar-refractivity contribution in [1.29, 1.82) is 0 Å². The van der Waals surface area contributed by atoms with E-state index in [0.29, 0.717) is 6.54 Å². The van der Waals surface area contributed by atoms with Crippen molar-refractivity contribution >= 4 is 11.6 Å². The normalized spacial score (nSPS) is 18.2. The van der Waals surface area contributed by atoms with Crippen LogP contribution >= 0.6 is 0 Å². The van der Waals surface area contributed by atoms with E-state index in [0.717, 1.165) is 63.8 Å². The second-order valence-corrected chi connectivity index (χ2v) is 8.11. The first kappa shape index (κ1) is 20.7. The van der Waals surface area contributed by atoms with E-state index >= 15 is 0 Å². The molecule has 1 heterocycles. The first-order valence-corrected chi connectivity index (χ1v) is 10.9. The van der Waals surface area contributed by atoms with Crippen molar-refractivity contribution in [1.82, 2.24) is 10.6 Å². The number of morpholine rings is 1. The van der Waals surface area contributed by atoms with Gasteiger partial charge in [-0.3, -0.25) is 0 Å². The number of nitrogens with zero attached hydrogens (tertiary/aromatic N) is 2. The Bertz CT molecular complexity index is 858. The van der Waals surface area contributed by atoms with E-state index in [2.05, 4.69) is 46.7 Å². The minimum atomic E-state index is -0.167. The Morgan fingerprint density at radius 2 is 1.87 bits per heavy atom. The van der Waals surface area contributed by atoms with Crippen LogP contribution in [0.15, 0.2) is 53.5 Å². The lowest BCUT2D eigenvalue weighted by atomic mass is 9.96. The standard InChI is InChI=1S/C24H31FN4O/c1-2-26-23(28-18-24(10-11-24)20-4-3-5-21(25)16-20)27-17-19-6-8-22(9-7-19)29-12-14-30-15-13-29/h3-9,16H,2,10-15,17-18H2,1H3,(H2,26,27,28). The zero-order chi connectivity index (χ0) is 20.8. The highest BCUT2D eigenvalue weighted by molar-refractivity contribution is 5.80. The summed E-state index contributed by atoms with van der Waals surface area (Å²) in [4.78, 5) is 7.11. The molecular formula is C24H31FN4O. The average Bonchev–Trinajstić information content (AvgIpc) is 3.58. The average molecular weight is 411 g/mol. The summed E-state index contributed by atoms with van der Waals surface area (Å²) in [6, 6.07) is 15.6. The maximum atomic E-state index is 13.6. The molecule has 0 unspecified atom stereocenters. The van der Waals surface area contributed by atoms with E-state index in [-0.39, 0.29) is 11.2 Å². The Balaban J connectivity index is 1.35. The van der Waals surface area contributed by atoms with Crippen molar-refractivity contribution in [2.75, 3.05) is 44.3 Å². The van der Waals surface area contributed by atoms with E-state index in [1.54, 1.807) is 12.1 Å². The first-order chi connectivity index (χ1) is 14.7. The second kappa shape index (κ2) is 9.47. The molecular weight excluding hydrogens is 379 g/mol. The van der Waals surface area contributed by atoms with Crippen molar-refractivity contribution in [3.63, 3.8) is 0 Å². The number of anilines is 1. The Morgan fingerprint density at radius 3 is 2.53 bits per heavy atom. The third-order valence-corrected chi connectivity index (χ3v) is 5.96. The van der Waals surface area contributed by atoms with Crippen LogP contribution in [0.3, 0.4) is 0 Å². The van der Waals surface area contributed by atoms with Gasteiger partial charge in [0.25, 0.3) is 0 Å². The summed E-state index contributed by atoms with van der Waals surface area (Å²) < 4.78 is 19.1. The number of rotatable bonds is 7. The van der Waals surface area contributed by atoms with Gasteiger partial charge in [0.05, 0.1) is 19.8 Å². The molecule has 0 spiro atoms. The van der Waals surface area contributed by atoms with Crippen molar-refractivity contribution < 1.29 is 9.13 Å². The lowest BCUT2D eigenvalue weighted by molar-refractivity contribution is 0.122. The molecule has 0 atom stereocenters. The number of ether oxygens (including phenoxy) is 1. The molecule has 2 fully saturated rings. The van der Waals surface area contributed by atoms with E-state index in [4.69, 9.17) is 9.73 Å². The zero-order valence-corrected chi connectivity index (χ0v) is 17.7. The number of nitrogens with one attached hydrogen (secondary N) is 2. The highest BCUT2D eigenvalue weighted by Crippen LogP contribution is 2.47. The molecule has 1 saturated carbocycles. The van der Waals surface area contributed by atoms with Gasteiger partial charge >= 0.3 is 0 Å². The fourth-order valence-electron chi connectivity index (χ4n) is 3.94. The molecule has 1 aliphatic heterocycles. The lowest BCUT2D eigenvalue weighted by Crippen LogP contribution is -2.41. The van der Waals surface area contributed by atoms with Crippen LogP contribution in [0.25, 0.3) is 0 Å². The third-order valence-electron chi connectivity index (χ3n) is 5.96. The van der Waals surface area contributed by atoms with Gasteiger partial charge in [0.1, 0.15) is 5.82 Å². The molecule has 1 aliphatic carbocycles. The molecule has 2 N–H and O–H groups in total. The lowest BCUT2D eigenvalue weighted by Gasteiger charge is -2.28. The van der Waals surface area contributed by atoms with E-state index < -0.39 is 0 Å². The largest absolute Gasteiger partial charge is 0.378 e. The first-order valence-electron chi connectivity index (χ1n) is 10.9. The second-order valence-electron chi connectivity index (χ2n) is 8.11. The smallest absolute Gasteiger partial charge is 0.191 e. The predicted molar refractivity (Wildman–Crippen MR) is 120 cm³/mol. The number of guanidine groups is 1. The molecule has 6 heteroatoms. The van der Waals surface area contributed by atoms with Crippen LogP contribution in [0.5, 0.6) is 0 Å². The molecule has 0 bridgehead atoms. The molecule has 0 aromatic heterocycles. The van der Waals surface area contributed by atoms with E-state index in [1.165, 1.54) is 17.3 Å². The van der Waals surface area contributed by atoms with Crippen LogP contribution in [-0.4, -0.2) is 45.4 Å². The van der Waals surface area contributed by atoms with Gasteiger partial charge < -0.3 is 20.3 Å². The fourth-order valence-corrected chi connectivity index (χ4v) is 3.94. The Labute approximate surface area is 178 Å². The molecule has 0 amide bonds.